The zero-order valence-corrected chi connectivity index (χ0v) is 11.9. The number of carboxylic acids is 2. The van der Waals surface area contributed by atoms with Crippen molar-refractivity contribution in [3.8, 4) is 0 Å². The van der Waals surface area contributed by atoms with Crippen LogP contribution in [-0.2, 0) is 9.59 Å². The number of rotatable bonds is 5. The lowest BCUT2D eigenvalue weighted by Crippen LogP contribution is -2.48. The first-order valence-electron chi connectivity index (χ1n) is 6.23. The van der Waals surface area contributed by atoms with Gasteiger partial charge in [0.2, 0.25) is 0 Å². The molecule has 108 valence electrons. The fourth-order valence-corrected chi connectivity index (χ4v) is 4.64. The van der Waals surface area contributed by atoms with E-state index in [1.54, 1.807) is 9.80 Å². The normalized spacial score (nSPS) is 18.0. The van der Waals surface area contributed by atoms with E-state index in [9.17, 15) is 9.59 Å². The summed E-state index contributed by atoms with van der Waals surface area (Å²) >= 11 is 0. The predicted octanol–water partition coefficient (Wildman–Crippen LogP) is 0.453. The van der Waals surface area contributed by atoms with Gasteiger partial charge in [0.05, 0.1) is 19.8 Å². The monoisotopic (exact) mass is 296 g/mol. The highest BCUT2D eigenvalue weighted by molar-refractivity contribution is 7.65. The summed E-state index contributed by atoms with van der Waals surface area (Å²) in [6.07, 6.45) is 1.39. The summed E-state index contributed by atoms with van der Waals surface area (Å²) in [4.78, 5) is 25.3. The SMILES string of the molecule is O=C(O)CN1CN(CC(=O)O)CP(c2ccccc2)C1. The van der Waals surface area contributed by atoms with Crippen LogP contribution in [0, 0.1) is 0 Å². The van der Waals surface area contributed by atoms with Gasteiger partial charge >= 0.3 is 11.9 Å². The molecular formula is C13H17N2O4P. The van der Waals surface area contributed by atoms with Gasteiger partial charge in [-0.15, -0.1) is 0 Å². The molecule has 1 heterocycles. The molecule has 1 aromatic carbocycles. The Balaban J connectivity index is 2.11. The lowest BCUT2D eigenvalue weighted by Gasteiger charge is -2.39. The molecule has 0 amide bonds. The van der Waals surface area contributed by atoms with Gasteiger partial charge in [0.1, 0.15) is 0 Å². The average molecular weight is 296 g/mol. The van der Waals surface area contributed by atoms with Crippen molar-refractivity contribution < 1.29 is 19.8 Å². The van der Waals surface area contributed by atoms with Crippen molar-refractivity contribution >= 4 is 25.2 Å². The molecule has 2 N–H and O–H groups in total. The van der Waals surface area contributed by atoms with Crippen LogP contribution in [0.15, 0.2) is 30.3 Å². The largest absolute Gasteiger partial charge is 0.480 e. The van der Waals surface area contributed by atoms with Gasteiger partial charge in [0.25, 0.3) is 0 Å². The Morgan fingerprint density at radius 3 is 1.95 bits per heavy atom. The molecule has 1 fully saturated rings. The molecule has 0 unspecified atom stereocenters. The van der Waals surface area contributed by atoms with Crippen LogP contribution >= 0.6 is 7.92 Å². The Kier molecular flexibility index (Phi) is 5.06. The smallest absolute Gasteiger partial charge is 0.317 e. The van der Waals surface area contributed by atoms with E-state index in [1.807, 2.05) is 30.3 Å². The maximum Gasteiger partial charge on any atom is 0.317 e. The molecule has 0 aliphatic carbocycles. The van der Waals surface area contributed by atoms with Crippen molar-refractivity contribution in [1.29, 1.82) is 0 Å². The second-order valence-electron chi connectivity index (χ2n) is 4.74. The van der Waals surface area contributed by atoms with Gasteiger partial charge in [-0.05, 0) is 13.2 Å². The number of hydrogen-bond acceptors (Lipinski definition) is 4. The van der Waals surface area contributed by atoms with E-state index in [0.29, 0.717) is 19.2 Å². The zero-order chi connectivity index (χ0) is 14.5. The molecule has 0 spiro atoms. The highest BCUT2D eigenvalue weighted by Crippen LogP contribution is 2.38. The topological polar surface area (TPSA) is 81.1 Å². The van der Waals surface area contributed by atoms with Crippen molar-refractivity contribution in [2.45, 2.75) is 0 Å². The van der Waals surface area contributed by atoms with E-state index >= 15 is 0 Å². The number of benzene rings is 1. The molecule has 7 heteroatoms. The Morgan fingerprint density at radius 2 is 1.50 bits per heavy atom. The first-order valence-corrected chi connectivity index (χ1v) is 7.94. The van der Waals surface area contributed by atoms with Crippen LogP contribution in [0.1, 0.15) is 0 Å². The summed E-state index contributed by atoms with van der Waals surface area (Å²) in [7, 11) is -0.581. The number of hydrogen-bond donors (Lipinski definition) is 2. The van der Waals surface area contributed by atoms with Crippen molar-refractivity contribution in [3.05, 3.63) is 30.3 Å². The number of carbonyl (C=O) groups is 2. The van der Waals surface area contributed by atoms with Crippen LogP contribution in [0.25, 0.3) is 0 Å². The molecule has 0 bridgehead atoms. The van der Waals surface area contributed by atoms with Gasteiger partial charge < -0.3 is 10.2 Å². The summed E-state index contributed by atoms with van der Waals surface area (Å²) in [5, 5.41) is 19.0. The first kappa shape index (κ1) is 14.9. The molecule has 20 heavy (non-hydrogen) atoms. The fraction of sp³-hybridized carbons (Fsp3) is 0.385. The Morgan fingerprint density at radius 1 is 1.00 bits per heavy atom. The van der Waals surface area contributed by atoms with E-state index < -0.39 is 19.9 Å². The van der Waals surface area contributed by atoms with E-state index in [4.69, 9.17) is 10.2 Å². The van der Waals surface area contributed by atoms with Gasteiger partial charge in [-0.25, -0.2) is 0 Å². The Hall–Kier alpha value is -1.49. The van der Waals surface area contributed by atoms with E-state index in [1.165, 1.54) is 5.30 Å². The molecular weight excluding hydrogens is 279 g/mol. The zero-order valence-electron chi connectivity index (χ0n) is 11.0. The standard InChI is InChI=1S/C13H17N2O4P/c16-12(17)6-14-8-15(7-13(18)19)10-20(9-14)11-4-2-1-3-5-11/h1-5H,6-10H2,(H,16,17)(H,18,19). The summed E-state index contributed by atoms with van der Waals surface area (Å²) in [5.41, 5.74) is 0. The van der Waals surface area contributed by atoms with E-state index in [2.05, 4.69) is 0 Å². The van der Waals surface area contributed by atoms with Gasteiger partial charge in [-0.3, -0.25) is 19.4 Å². The van der Waals surface area contributed by atoms with E-state index in [-0.39, 0.29) is 13.1 Å². The van der Waals surface area contributed by atoms with Crippen molar-refractivity contribution in [2.75, 3.05) is 32.3 Å². The van der Waals surface area contributed by atoms with Crippen LogP contribution in [0.2, 0.25) is 0 Å². The van der Waals surface area contributed by atoms with E-state index in [0.717, 1.165) is 0 Å². The second-order valence-corrected chi connectivity index (χ2v) is 6.91. The van der Waals surface area contributed by atoms with Crippen molar-refractivity contribution in [1.82, 2.24) is 9.80 Å². The summed E-state index contributed by atoms with van der Waals surface area (Å²) in [6.45, 7) is 0.286. The Labute approximate surface area is 118 Å². The van der Waals surface area contributed by atoms with Crippen molar-refractivity contribution in [2.24, 2.45) is 0 Å². The minimum atomic E-state index is -0.884. The highest BCUT2D eigenvalue weighted by atomic mass is 31.1. The third kappa shape index (κ3) is 4.27. The summed E-state index contributed by atoms with van der Waals surface area (Å²) < 4.78 is 0. The predicted molar refractivity (Wildman–Crippen MR) is 76.3 cm³/mol. The van der Waals surface area contributed by atoms with Crippen molar-refractivity contribution in [3.63, 3.8) is 0 Å². The maximum atomic E-state index is 10.9. The Bertz CT molecular complexity index is 459. The van der Waals surface area contributed by atoms with Gasteiger partial charge in [-0.1, -0.05) is 30.3 Å². The fourth-order valence-electron chi connectivity index (χ4n) is 2.28. The highest BCUT2D eigenvalue weighted by Gasteiger charge is 2.28. The number of nitrogens with zero attached hydrogens (tertiary/aromatic N) is 2. The van der Waals surface area contributed by atoms with Gasteiger partial charge in [0.15, 0.2) is 0 Å². The lowest BCUT2D eigenvalue weighted by atomic mass is 10.4. The average Bonchev–Trinajstić information content (AvgIpc) is 2.38. The third-order valence-corrected chi connectivity index (χ3v) is 5.49. The molecule has 1 aliphatic rings. The molecule has 1 aliphatic heterocycles. The quantitative estimate of drug-likeness (QED) is 0.768. The molecule has 6 nitrogen and oxygen atoms in total. The summed E-state index contributed by atoms with van der Waals surface area (Å²) in [6, 6.07) is 9.89. The first-order chi connectivity index (χ1) is 9.54. The van der Waals surface area contributed by atoms with Gasteiger partial charge in [0, 0.05) is 12.6 Å². The van der Waals surface area contributed by atoms with Crippen LogP contribution in [0.3, 0.4) is 0 Å². The molecule has 0 saturated carbocycles. The number of carboxylic acid groups (broad SMARTS) is 2. The summed E-state index contributed by atoms with van der Waals surface area (Å²) in [5.74, 6) is -1.77. The van der Waals surface area contributed by atoms with Crippen LogP contribution < -0.4 is 5.30 Å². The minimum absolute atomic E-state index is 0.0538. The lowest BCUT2D eigenvalue weighted by molar-refractivity contribution is -0.139. The molecule has 0 aromatic heterocycles. The second kappa shape index (κ2) is 6.79. The maximum absolute atomic E-state index is 10.9. The number of aliphatic carboxylic acids is 2. The minimum Gasteiger partial charge on any atom is -0.480 e. The van der Waals surface area contributed by atoms with Gasteiger partial charge in [-0.2, -0.15) is 0 Å². The molecule has 2 rings (SSSR count). The van der Waals surface area contributed by atoms with Crippen LogP contribution in [0.5, 0.6) is 0 Å². The molecule has 1 saturated heterocycles. The molecule has 0 atom stereocenters. The van der Waals surface area contributed by atoms with Crippen LogP contribution in [0.4, 0.5) is 0 Å². The molecule has 1 aromatic rings. The molecule has 0 radical (unpaired) electrons. The third-order valence-electron chi connectivity index (χ3n) is 2.98. The van der Waals surface area contributed by atoms with Crippen LogP contribution in [-0.4, -0.2) is 64.3 Å².